The molecule has 0 bridgehead atoms. The maximum atomic E-state index is 8.96. The molecule has 4 N–H and O–H groups in total. The van der Waals surface area contributed by atoms with E-state index in [0.29, 0.717) is 5.46 Å². The third-order valence-corrected chi connectivity index (χ3v) is 2.06. The van der Waals surface area contributed by atoms with Crippen molar-refractivity contribution in [3.63, 3.8) is 0 Å². The molecule has 0 aliphatic heterocycles. The first-order valence-electron chi connectivity index (χ1n) is 4.41. The van der Waals surface area contributed by atoms with E-state index in [0.717, 1.165) is 17.5 Å². The summed E-state index contributed by atoms with van der Waals surface area (Å²) in [6.45, 7) is 1.98. The zero-order valence-electron chi connectivity index (χ0n) is 8.01. The van der Waals surface area contributed by atoms with E-state index >= 15 is 0 Å². The van der Waals surface area contributed by atoms with Crippen molar-refractivity contribution < 1.29 is 10.0 Å². The van der Waals surface area contributed by atoms with Crippen LogP contribution in [0.5, 0.6) is 0 Å². The fraction of sp³-hybridized carbons (Fsp3) is 0.222. The monoisotopic (exact) mass is 192 g/mol. The lowest BCUT2D eigenvalue weighted by Gasteiger charge is -2.05. The van der Waals surface area contributed by atoms with Gasteiger partial charge in [-0.15, -0.1) is 0 Å². The van der Waals surface area contributed by atoms with Gasteiger partial charge in [-0.1, -0.05) is 25.1 Å². The van der Waals surface area contributed by atoms with Crippen LogP contribution in [-0.2, 0) is 6.42 Å². The molecule has 14 heavy (non-hydrogen) atoms. The summed E-state index contributed by atoms with van der Waals surface area (Å²) in [4.78, 5) is 0. The molecule has 0 unspecified atom stereocenters. The molecule has 74 valence electrons. The van der Waals surface area contributed by atoms with Crippen LogP contribution in [0.3, 0.4) is 0 Å². The molecular formula is C9H13BN2O2. The van der Waals surface area contributed by atoms with Gasteiger partial charge in [0.05, 0.1) is 6.21 Å². The standard InChI is InChI=1S/C9H13BN2O2/c1-2-7-5-9(10(13)14)4-3-8(7)6-12-11/h3-6,13-14H,2,11H2,1H3. The van der Waals surface area contributed by atoms with Crippen LogP contribution < -0.4 is 11.3 Å². The average Bonchev–Trinajstić information content (AvgIpc) is 2.18. The molecule has 0 saturated carbocycles. The van der Waals surface area contributed by atoms with Gasteiger partial charge in [-0.3, -0.25) is 0 Å². The molecule has 0 spiro atoms. The van der Waals surface area contributed by atoms with Crippen molar-refractivity contribution in [3.05, 3.63) is 29.3 Å². The van der Waals surface area contributed by atoms with Gasteiger partial charge in [0.2, 0.25) is 0 Å². The maximum Gasteiger partial charge on any atom is 0.488 e. The van der Waals surface area contributed by atoms with Crippen molar-refractivity contribution in [2.24, 2.45) is 10.9 Å². The zero-order valence-corrected chi connectivity index (χ0v) is 8.01. The second kappa shape index (κ2) is 4.78. The quantitative estimate of drug-likeness (QED) is 0.254. The second-order valence-corrected chi connectivity index (χ2v) is 2.96. The lowest BCUT2D eigenvalue weighted by Crippen LogP contribution is -2.30. The smallest absolute Gasteiger partial charge is 0.423 e. The summed E-state index contributed by atoms with van der Waals surface area (Å²) in [5, 5.41) is 21.4. The summed E-state index contributed by atoms with van der Waals surface area (Å²) in [5.41, 5.74) is 2.38. The van der Waals surface area contributed by atoms with E-state index in [-0.39, 0.29) is 0 Å². The van der Waals surface area contributed by atoms with Gasteiger partial charge in [0, 0.05) is 0 Å². The van der Waals surface area contributed by atoms with E-state index in [9.17, 15) is 0 Å². The Balaban J connectivity index is 3.11. The van der Waals surface area contributed by atoms with Gasteiger partial charge >= 0.3 is 7.12 Å². The molecule has 0 aromatic heterocycles. The van der Waals surface area contributed by atoms with Gasteiger partial charge < -0.3 is 15.9 Å². The highest BCUT2D eigenvalue weighted by Crippen LogP contribution is 2.05. The topological polar surface area (TPSA) is 78.8 Å². The van der Waals surface area contributed by atoms with E-state index in [1.807, 2.05) is 6.92 Å². The van der Waals surface area contributed by atoms with Gasteiger partial charge in [0.25, 0.3) is 0 Å². The van der Waals surface area contributed by atoms with Gasteiger partial charge in [0.15, 0.2) is 0 Å². The van der Waals surface area contributed by atoms with Crippen molar-refractivity contribution in [1.82, 2.24) is 0 Å². The van der Waals surface area contributed by atoms with Crippen molar-refractivity contribution in [2.75, 3.05) is 0 Å². The molecule has 1 aromatic carbocycles. The first kappa shape index (κ1) is 10.8. The minimum atomic E-state index is -1.43. The molecule has 0 aliphatic rings. The molecule has 0 amide bonds. The SMILES string of the molecule is CCc1cc(B(O)O)ccc1C=NN. The van der Waals surface area contributed by atoms with E-state index in [2.05, 4.69) is 5.10 Å². The first-order valence-corrected chi connectivity index (χ1v) is 4.41. The van der Waals surface area contributed by atoms with E-state index in [1.54, 1.807) is 24.4 Å². The third kappa shape index (κ3) is 2.34. The molecule has 0 atom stereocenters. The predicted molar refractivity (Wildman–Crippen MR) is 57.4 cm³/mol. The maximum absolute atomic E-state index is 8.96. The first-order chi connectivity index (χ1) is 6.69. The number of nitrogens with zero attached hydrogens (tertiary/aromatic N) is 1. The Bertz CT molecular complexity index is 340. The lowest BCUT2D eigenvalue weighted by atomic mass is 9.78. The van der Waals surface area contributed by atoms with Crippen LogP contribution in [0.25, 0.3) is 0 Å². The largest absolute Gasteiger partial charge is 0.488 e. The fourth-order valence-corrected chi connectivity index (χ4v) is 1.30. The van der Waals surface area contributed by atoms with Gasteiger partial charge in [-0.05, 0) is 23.0 Å². The molecular weight excluding hydrogens is 179 g/mol. The number of benzene rings is 1. The van der Waals surface area contributed by atoms with Gasteiger partial charge in [-0.25, -0.2) is 0 Å². The Morgan fingerprint density at radius 1 is 1.50 bits per heavy atom. The Labute approximate surface area is 83.2 Å². The Kier molecular flexibility index (Phi) is 3.68. The number of rotatable bonds is 3. The average molecular weight is 192 g/mol. The normalized spacial score (nSPS) is 10.8. The van der Waals surface area contributed by atoms with E-state index in [1.165, 1.54) is 0 Å². The summed E-state index contributed by atoms with van der Waals surface area (Å²) in [6.07, 6.45) is 2.34. The summed E-state index contributed by atoms with van der Waals surface area (Å²) >= 11 is 0. The highest BCUT2D eigenvalue weighted by molar-refractivity contribution is 6.58. The second-order valence-electron chi connectivity index (χ2n) is 2.96. The van der Waals surface area contributed by atoms with Crippen LogP contribution in [0, 0.1) is 0 Å². The van der Waals surface area contributed by atoms with Crippen LogP contribution in [0.4, 0.5) is 0 Å². The molecule has 4 nitrogen and oxygen atoms in total. The van der Waals surface area contributed by atoms with Crippen LogP contribution >= 0.6 is 0 Å². The summed E-state index contributed by atoms with van der Waals surface area (Å²) < 4.78 is 0. The molecule has 0 aliphatic carbocycles. The van der Waals surface area contributed by atoms with Gasteiger partial charge in [-0.2, -0.15) is 5.10 Å². The van der Waals surface area contributed by atoms with Crippen molar-refractivity contribution >= 4 is 18.8 Å². The third-order valence-electron chi connectivity index (χ3n) is 2.06. The lowest BCUT2D eigenvalue weighted by molar-refractivity contribution is 0.425. The predicted octanol–water partition coefficient (Wildman–Crippen LogP) is -0.779. The molecule has 0 saturated heterocycles. The van der Waals surface area contributed by atoms with Crippen molar-refractivity contribution in [3.8, 4) is 0 Å². The van der Waals surface area contributed by atoms with Crippen molar-refractivity contribution in [1.29, 1.82) is 0 Å². The Morgan fingerprint density at radius 3 is 2.71 bits per heavy atom. The Morgan fingerprint density at radius 2 is 2.21 bits per heavy atom. The minimum Gasteiger partial charge on any atom is -0.423 e. The molecule has 0 fully saturated rings. The molecule has 1 rings (SSSR count). The number of hydrazone groups is 1. The molecule has 1 aromatic rings. The van der Waals surface area contributed by atoms with Crippen LogP contribution in [-0.4, -0.2) is 23.4 Å². The molecule has 0 heterocycles. The highest BCUT2D eigenvalue weighted by Gasteiger charge is 2.11. The number of hydrogen-bond donors (Lipinski definition) is 3. The summed E-state index contributed by atoms with van der Waals surface area (Å²) in [5.74, 6) is 5.05. The van der Waals surface area contributed by atoms with E-state index in [4.69, 9.17) is 15.9 Å². The van der Waals surface area contributed by atoms with Crippen molar-refractivity contribution in [2.45, 2.75) is 13.3 Å². The molecule has 5 heteroatoms. The van der Waals surface area contributed by atoms with Crippen LogP contribution in [0.2, 0.25) is 0 Å². The zero-order chi connectivity index (χ0) is 10.6. The summed E-state index contributed by atoms with van der Waals surface area (Å²) in [6, 6.07) is 5.15. The fourth-order valence-electron chi connectivity index (χ4n) is 1.30. The minimum absolute atomic E-state index is 0.482. The number of nitrogens with two attached hydrogens (primary N) is 1. The number of hydrogen-bond acceptors (Lipinski definition) is 4. The highest BCUT2D eigenvalue weighted by atomic mass is 16.4. The van der Waals surface area contributed by atoms with Crippen LogP contribution in [0.1, 0.15) is 18.1 Å². The summed E-state index contributed by atoms with van der Waals surface area (Å²) in [7, 11) is -1.43. The van der Waals surface area contributed by atoms with E-state index < -0.39 is 7.12 Å². The Hall–Kier alpha value is -1.33. The van der Waals surface area contributed by atoms with Gasteiger partial charge in [0.1, 0.15) is 0 Å². The van der Waals surface area contributed by atoms with Crippen LogP contribution in [0.15, 0.2) is 23.3 Å². The molecule has 0 radical (unpaired) electrons. The number of aryl methyl sites for hydroxylation is 1.